The summed E-state index contributed by atoms with van der Waals surface area (Å²) < 4.78 is 0. The predicted octanol–water partition coefficient (Wildman–Crippen LogP) is 1.45. The molecule has 1 atom stereocenters. The summed E-state index contributed by atoms with van der Waals surface area (Å²) in [5.74, 6) is -0.111. The first-order valence-corrected chi connectivity index (χ1v) is 5.64. The molecule has 1 heterocycles. The molecule has 4 heteroatoms. The van der Waals surface area contributed by atoms with E-state index in [0.717, 1.165) is 0 Å². The highest BCUT2D eigenvalue weighted by atomic mass is 16.3. The van der Waals surface area contributed by atoms with Gasteiger partial charge in [-0.25, -0.2) is 0 Å². The molecule has 2 N–H and O–H groups in total. The zero-order valence-electron chi connectivity index (χ0n) is 10.8. The lowest BCUT2D eigenvalue weighted by atomic mass is 9.91. The number of aromatic nitrogens is 1. The Bertz CT molecular complexity index is 384. The number of aliphatic hydroxyl groups excluding tert-OH is 1. The molecule has 1 rings (SSSR count). The van der Waals surface area contributed by atoms with Gasteiger partial charge in [0.15, 0.2) is 0 Å². The number of hydrogen-bond acceptors (Lipinski definition) is 3. The van der Waals surface area contributed by atoms with E-state index < -0.39 is 11.0 Å². The maximum atomic E-state index is 12.0. The van der Waals surface area contributed by atoms with Gasteiger partial charge in [0.25, 0.3) is 0 Å². The van der Waals surface area contributed by atoms with Crippen molar-refractivity contribution in [2.45, 2.75) is 33.2 Å². The van der Waals surface area contributed by atoms with Crippen molar-refractivity contribution in [3.05, 3.63) is 30.1 Å². The third kappa shape index (κ3) is 3.27. The van der Waals surface area contributed by atoms with Crippen LogP contribution in [0.3, 0.4) is 0 Å². The summed E-state index contributed by atoms with van der Waals surface area (Å²) in [6.45, 7) is 7.07. The van der Waals surface area contributed by atoms with E-state index in [0.29, 0.717) is 5.69 Å². The van der Waals surface area contributed by atoms with Crippen molar-refractivity contribution >= 4 is 5.91 Å². The number of carbonyl (C=O) groups is 1. The van der Waals surface area contributed by atoms with Crippen LogP contribution in [-0.2, 0) is 10.3 Å². The van der Waals surface area contributed by atoms with Gasteiger partial charge in [0.1, 0.15) is 5.54 Å². The molecule has 4 nitrogen and oxygen atoms in total. The molecule has 0 aliphatic heterocycles. The van der Waals surface area contributed by atoms with Crippen molar-refractivity contribution in [1.29, 1.82) is 0 Å². The van der Waals surface area contributed by atoms with E-state index in [4.69, 9.17) is 0 Å². The monoisotopic (exact) mass is 236 g/mol. The molecule has 0 aliphatic carbocycles. The number of nitrogens with zero attached hydrogens (tertiary/aromatic N) is 1. The molecule has 1 aromatic heterocycles. The number of amides is 1. The lowest BCUT2D eigenvalue weighted by Crippen LogP contribution is -2.50. The fraction of sp³-hybridized carbons (Fsp3) is 0.538. The van der Waals surface area contributed by atoms with Crippen molar-refractivity contribution in [2.75, 3.05) is 6.61 Å². The number of pyridine rings is 1. The molecular weight excluding hydrogens is 216 g/mol. The quantitative estimate of drug-likeness (QED) is 0.835. The lowest BCUT2D eigenvalue weighted by molar-refractivity contribution is -0.131. The Balaban J connectivity index is 2.95. The third-order valence-corrected chi connectivity index (χ3v) is 2.62. The van der Waals surface area contributed by atoms with E-state index in [1.165, 1.54) is 0 Å². The van der Waals surface area contributed by atoms with Gasteiger partial charge in [0.05, 0.1) is 12.3 Å². The summed E-state index contributed by atoms with van der Waals surface area (Å²) in [4.78, 5) is 16.1. The zero-order chi connectivity index (χ0) is 13.1. The average molecular weight is 236 g/mol. The van der Waals surface area contributed by atoms with E-state index in [1.807, 2.05) is 26.8 Å². The fourth-order valence-electron chi connectivity index (χ4n) is 1.31. The van der Waals surface area contributed by atoms with Crippen LogP contribution >= 0.6 is 0 Å². The lowest BCUT2D eigenvalue weighted by Gasteiger charge is -2.31. The largest absolute Gasteiger partial charge is 0.394 e. The molecule has 0 unspecified atom stereocenters. The van der Waals surface area contributed by atoms with Crippen molar-refractivity contribution in [1.82, 2.24) is 10.3 Å². The summed E-state index contributed by atoms with van der Waals surface area (Å²) in [6, 6.07) is 5.42. The maximum absolute atomic E-state index is 12.0. The summed E-state index contributed by atoms with van der Waals surface area (Å²) in [5.41, 5.74) is -0.684. The number of rotatable bonds is 3. The summed E-state index contributed by atoms with van der Waals surface area (Å²) in [7, 11) is 0. The van der Waals surface area contributed by atoms with Crippen LogP contribution in [0.25, 0.3) is 0 Å². The van der Waals surface area contributed by atoms with Crippen LogP contribution in [0.2, 0.25) is 0 Å². The summed E-state index contributed by atoms with van der Waals surface area (Å²) in [5, 5.41) is 12.3. The molecule has 17 heavy (non-hydrogen) atoms. The Labute approximate surface area is 102 Å². The number of hydrogen-bond donors (Lipinski definition) is 2. The second-order valence-corrected chi connectivity index (χ2v) is 5.41. The SMILES string of the molecule is CC(C)(C)C(=O)N[C@](C)(CO)c1ccccn1. The van der Waals surface area contributed by atoms with E-state index in [9.17, 15) is 9.90 Å². The van der Waals surface area contributed by atoms with Gasteiger partial charge in [-0.1, -0.05) is 26.8 Å². The maximum Gasteiger partial charge on any atom is 0.226 e. The van der Waals surface area contributed by atoms with Crippen molar-refractivity contribution in [3.63, 3.8) is 0 Å². The molecule has 1 amide bonds. The topological polar surface area (TPSA) is 62.2 Å². The van der Waals surface area contributed by atoms with Crippen LogP contribution in [-0.4, -0.2) is 22.6 Å². The second kappa shape index (κ2) is 4.84. The Morgan fingerprint density at radius 1 is 1.35 bits per heavy atom. The minimum absolute atomic E-state index is 0.111. The van der Waals surface area contributed by atoms with Gasteiger partial charge >= 0.3 is 0 Å². The van der Waals surface area contributed by atoms with Crippen LogP contribution in [0.1, 0.15) is 33.4 Å². The van der Waals surface area contributed by atoms with Crippen LogP contribution in [0.5, 0.6) is 0 Å². The number of nitrogens with one attached hydrogen (secondary N) is 1. The molecule has 0 radical (unpaired) electrons. The molecular formula is C13H20N2O2. The van der Waals surface area contributed by atoms with Gasteiger partial charge in [0.2, 0.25) is 5.91 Å². The zero-order valence-corrected chi connectivity index (χ0v) is 10.8. The van der Waals surface area contributed by atoms with E-state index in [2.05, 4.69) is 10.3 Å². The van der Waals surface area contributed by atoms with Gasteiger partial charge < -0.3 is 10.4 Å². The molecule has 0 aromatic carbocycles. The normalized spacial score (nSPS) is 15.1. The first kappa shape index (κ1) is 13.6. The fourth-order valence-corrected chi connectivity index (χ4v) is 1.31. The summed E-state index contributed by atoms with van der Waals surface area (Å²) >= 11 is 0. The van der Waals surface area contributed by atoms with Crippen molar-refractivity contribution in [3.8, 4) is 0 Å². The smallest absolute Gasteiger partial charge is 0.226 e. The van der Waals surface area contributed by atoms with Crippen LogP contribution < -0.4 is 5.32 Å². The van der Waals surface area contributed by atoms with Crippen LogP contribution in [0.4, 0.5) is 0 Å². The highest BCUT2D eigenvalue weighted by Gasteiger charge is 2.33. The predicted molar refractivity (Wildman–Crippen MR) is 66.3 cm³/mol. The highest BCUT2D eigenvalue weighted by Crippen LogP contribution is 2.21. The molecule has 0 saturated heterocycles. The highest BCUT2D eigenvalue weighted by molar-refractivity contribution is 5.82. The summed E-state index contributed by atoms with van der Waals surface area (Å²) in [6.07, 6.45) is 1.65. The van der Waals surface area contributed by atoms with Gasteiger partial charge in [-0.05, 0) is 19.1 Å². The Morgan fingerprint density at radius 3 is 2.41 bits per heavy atom. The first-order valence-electron chi connectivity index (χ1n) is 5.64. The van der Waals surface area contributed by atoms with E-state index >= 15 is 0 Å². The molecule has 94 valence electrons. The number of aliphatic hydroxyl groups is 1. The molecule has 1 aromatic rings. The Kier molecular flexibility index (Phi) is 3.88. The Hall–Kier alpha value is -1.42. The van der Waals surface area contributed by atoms with Gasteiger partial charge in [-0.2, -0.15) is 0 Å². The van der Waals surface area contributed by atoms with Crippen LogP contribution in [0.15, 0.2) is 24.4 Å². The van der Waals surface area contributed by atoms with Gasteiger partial charge in [-0.3, -0.25) is 9.78 Å². The molecule has 0 bridgehead atoms. The Morgan fingerprint density at radius 2 is 2.00 bits per heavy atom. The second-order valence-electron chi connectivity index (χ2n) is 5.41. The first-order chi connectivity index (χ1) is 7.79. The van der Waals surface area contributed by atoms with Gasteiger partial charge in [-0.15, -0.1) is 0 Å². The molecule has 0 saturated carbocycles. The minimum atomic E-state index is -0.842. The van der Waals surface area contributed by atoms with Crippen molar-refractivity contribution in [2.24, 2.45) is 5.41 Å². The standard InChI is InChI=1S/C13H20N2O2/c1-12(2,3)11(17)15-13(4,9-16)10-7-5-6-8-14-10/h5-8,16H,9H2,1-4H3,(H,15,17)/t13-/m1/s1. The minimum Gasteiger partial charge on any atom is -0.394 e. The molecule has 0 fully saturated rings. The number of carbonyl (C=O) groups excluding carboxylic acids is 1. The van der Waals surface area contributed by atoms with Crippen LogP contribution in [0, 0.1) is 5.41 Å². The molecule has 0 spiro atoms. The van der Waals surface area contributed by atoms with E-state index in [1.54, 1.807) is 25.3 Å². The average Bonchev–Trinajstić information content (AvgIpc) is 2.28. The third-order valence-electron chi connectivity index (χ3n) is 2.62. The van der Waals surface area contributed by atoms with E-state index in [-0.39, 0.29) is 12.5 Å². The van der Waals surface area contributed by atoms with Gasteiger partial charge in [0, 0.05) is 11.6 Å². The van der Waals surface area contributed by atoms with Crippen molar-refractivity contribution < 1.29 is 9.90 Å². The molecule has 0 aliphatic rings.